The van der Waals surface area contributed by atoms with Crippen molar-refractivity contribution < 1.29 is 14.6 Å². The molecule has 0 amide bonds. The normalized spacial score (nSPS) is 12.1. The van der Waals surface area contributed by atoms with Gasteiger partial charge in [-0.15, -0.1) is 0 Å². The first-order valence-electron chi connectivity index (χ1n) is 11.2. The molecule has 0 saturated heterocycles. The summed E-state index contributed by atoms with van der Waals surface area (Å²) in [4.78, 5) is 11.7. The van der Waals surface area contributed by atoms with Crippen molar-refractivity contribution in [2.75, 3.05) is 0 Å². The van der Waals surface area contributed by atoms with E-state index in [1.807, 2.05) is 18.2 Å². The quantitative estimate of drug-likeness (QED) is 0.184. The van der Waals surface area contributed by atoms with Crippen LogP contribution in [0.3, 0.4) is 0 Å². The number of aliphatic hydroxyl groups excluding tert-OH is 1. The zero-order chi connectivity index (χ0) is 19.6. The third-order valence-corrected chi connectivity index (χ3v) is 5.03. The number of rotatable bonds is 17. The van der Waals surface area contributed by atoms with E-state index in [4.69, 9.17) is 4.74 Å². The Morgan fingerprint density at radius 1 is 0.815 bits per heavy atom. The Morgan fingerprint density at radius 2 is 1.33 bits per heavy atom. The molecule has 0 aliphatic rings. The topological polar surface area (TPSA) is 46.5 Å². The number of hydrogen-bond acceptors (Lipinski definition) is 3. The highest BCUT2D eigenvalue weighted by molar-refractivity contribution is 5.72. The summed E-state index contributed by atoms with van der Waals surface area (Å²) in [5.41, 5.74) is 0. The van der Waals surface area contributed by atoms with Gasteiger partial charge in [-0.3, -0.25) is 4.79 Å². The molecule has 0 saturated carbocycles. The molecular weight excluding hydrogens is 336 g/mol. The van der Waals surface area contributed by atoms with Crippen LogP contribution in [0.25, 0.3) is 0 Å². The van der Waals surface area contributed by atoms with Gasteiger partial charge in [0.25, 0.3) is 0 Å². The van der Waals surface area contributed by atoms with Gasteiger partial charge in [-0.25, -0.2) is 0 Å². The third-order valence-electron chi connectivity index (χ3n) is 5.03. The van der Waals surface area contributed by atoms with Crippen LogP contribution in [0.15, 0.2) is 30.3 Å². The molecule has 0 heterocycles. The van der Waals surface area contributed by atoms with Gasteiger partial charge in [0.15, 0.2) is 0 Å². The van der Waals surface area contributed by atoms with Crippen molar-refractivity contribution in [1.29, 1.82) is 0 Å². The largest absolute Gasteiger partial charge is 0.427 e. The minimum Gasteiger partial charge on any atom is -0.427 e. The van der Waals surface area contributed by atoms with Crippen LogP contribution in [-0.2, 0) is 4.79 Å². The number of benzene rings is 1. The molecule has 0 aromatic heterocycles. The van der Waals surface area contributed by atoms with Gasteiger partial charge in [0.1, 0.15) is 5.75 Å². The third kappa shape index (κ3) is 14.4. The van der Waals surface area contributed by atoms with Crippen LogP contribution in [-0.4, -0.2) is 17.2 Å². The van der Waals surface area contributed by atoms with Crippen LogP contribution in [0, 0.1) is 0 Å². The lowest BCUT2D eigenvalue weighted by molar-refractivity contribution is -0.134. The van der Waals surface area contributed by atoms with E-state index in [2.05, 4.69) is 6.92 Å². The van der Waals surface area contributed by atoms with Gasteiger partial charge >= 0.3 is 5.97 Å². The number of unbranched alkanes of at least 4 members (excludes halogenated alkanes) is 10. The molecule has 0 bridgehead atoms. The maximum atomic E-state index is 11.7. The summed E-state index contributed by atoms with van der Waals surface area (Å²) in [7, 11) is 0. The van der Waals surface area contributed by atoms with E-state index in [9.17, 15) is 9.90 Å². The average molecular weight is 377 g/mol. The second kappa shape index (κ2) is 16.8. The minimum absolute atomic E-state index is 0.107. The Labute approximate surface area is 166 Å². The number of carbonyl (C=O) groups is 1. The van der Waals surface area contributed by atoms with Crippen LogP contribution < -0.4 is 4.74 Å². The van der Waals surface area contributed by atoms with E-state index in [0.717, 1.165) is 38.5 Å². The zero-order valence-corrected chi connectivity index (χ0v) is 17.3. The summed E-state index contributed by atoms with van der Waals surface area (Å²) >= 11 is 0. The SMILES string of the molecule is CCCCCCCCC(O)CCCCCCCCC(=O)Oc1ccccc1. The second-order valence-corrected chi connectivity index (χ2v) is 7.66. The first kappa shape index (κ1) is 23.7. The van der Waals surface area contributed by atoms with Gasteiger partial charge in [0, 0.05) is 6.42 Å². The predicted molar refractivity (Wildman–Crippen MR) is 113 cm³/mol. The molecule has 0 fully saturated rings. The lowest BCUT2D eigenvalue weighted by Gasteiger charge is -2.10. The van der Waals surface area contributed by atoms with Crippen molar-refractivity contribution in [3.05, 3.63) is 30.3 Å². The fourth-order valence-electron chi connectivity index (χ4n) is 3.33. The molecule has 1 rings (SSSR count). The smallest absolute Gasteiger partial charge is 0.311 e. The van der Waals surface area contributed by atoms with Gasteiger partial charge in [-0.2, -0.15) is 0 Å². The zero-order valence-electron chi connectivity index (χ0n) is 17.3. The highest BCUT2D eigenvalue weighted by Gasteiger charge is 2.05. The van der Waals surface area contributed by atoms with Crippen LogP contribution in [0.1, 0.15) is 103 Å². The molecule has 27 heavy (non-hydrogen) atoms. The van der Waals surface area contributed by atoms with Crippen LogP contribution >= 0.6 is 0 Å². The Hall–Kier alpha value is -1.35. The van der Waals surface area contributed by atoms with E-state index in [0.29, 0.717) is 12.2 Å². The number of esters is 1. The molecule has 154 valence electrons. The maximum absolute atomic E-state index is 11.7. The number of para-hydroxylation sites is 1. The average Bonchev–Trinajstić information content (AvgIpc) is 2.67. The van der Waals surface area contributed by atoms with E-state index in [-0.39, 0.29) is 12.1 Å². The minimum atomic E-state index is -0.140. The lowest BCUT2D eigenvalue weighted by Crippen LogP contribution is -2.07. The Morgan fingerprint density at radius 3 is 1.93 bits per heavy atom. The summed E-state index contributed by atoms with van der Waals surface area (Å²) in [6, 6.07) is 9.25. The number of hydrogen-bond donors (Lipinski definition) is 1. The summed E-state index contributed by atoms with van der Waals surface area (Å²) in [5.74, 6) is 0.487. The molecule has 1 unspecified atom stereocenters. The number of aliphatic hydroxyl groups is 1. The van der Waals surface area contributed by atoms with E-state index < -0.39 is 0 Å². The van der Waals surface area contributed by atoms with Crippen LogP contribution in [0.2, 0.25) is 0 Å². The summed E-state index contributed by atoms with van der Waals surface area (Å²) < 4.78 is 5.28. The van der Waals surface area contributed by atoms with E-state index in [1.165, 1.54) is 51.4 Å². The Bertz CT molecular complexity index is 458. The highest BCUT2D eigenvalue weighted by atomic mass is 16.5. The van der Waals surface area contributed by atoms with Crippen molar-refractivity contribution in [2.24, 2.45) is 0 Å². The highest BCUT2D eigenvalue weighted by Crippen LogP contribution is 2.15. The molecule has 3 heteroatoms. The molecular formula is C24H40O3. The van der Waals surface area contributed by atoms with Crippen molar-refractivity contribution in [3.8, 4) is 5.75 Å². The fourth-order valence-corrected chi connectivity index (χ4v) is 3.33. The first-order valence-corrected chi connectivity index (χ1v) is 11.2. The number of carbonyl (C=O) groups excluding carboxylic acids is 1. The summed E-state index contributed by atoms with van der Waals surface area (Å²) in [6.07, 6.45) is 16.7. The molecule has 3 nitrogen and oxygen atoms in total. The molecule has 1 aromatic carbocycles. The van der Waals surface area contributed by atoms with Gasteiger partial charge in [-0.05, 0) is 31.4 Å². The molecule has 0 radical (unpaired) electrons. The van der Waals surface area contributed by atoms with Gasteiger partial charge in [0.05, 0.1) is 6.10 Å². The summed E-state index contributed by atoms with van der Waals surface area (Å²) in [6.45, 7) is 2.24. The standard InChI is InChI=1S/C24H40O3/c1-2-3-4-5-8-12-17-22(25)18-13-9-6-7-10-16-21-24(26)27-23-19-14-11-15-20-23/h11,14-15,19-20,22,25H,2-10,12-13,16-18,21H2,1H3. The predicted octanol–water partition coefficient (Wildman–Crippen LogP) is 6.82. The molecule has 0 aliphatic heterocycles. The van der Waals surface area contributed by atoms with Gasteiger partial charge < -0.3 is 9.84 Å². The van der Waals surface area contributed by atoms with Crippen molar-refractivity contribution in [1.82, 2.24) is 0 Å². The van der Waals surface area contributed by atoms with Gasteiger partial charge in [-0.1, -0.05) is 95.8 Å². The fraction of sp³-hybridized carbons (Fsp3) is 0.708. The van der Waals surface area contributed by atoms with Crippen LogP contribution in [0.4, 0.5) is 0 Å². The van der Waals surface area contributed by atoms with Crippen molar-refractivity contribution >= 4 is 5.97 Å². The first-order chi connectivity index (χ1) is 13.2. The maximum Gasteiger partial charge on any atom is 0.311 e. The van der Waals surface area contributed by atoms with E-state index in [1.54, 1.807) is 12.1 Å². The number of ether oxygens (including phenoxy) is 1. The molecule has 1 aromatic rings. The van der Waals surface area contributed by atoms with Gasteiger partial charge in [0.2, 0.25) is 0 Å². The van der Waals surface area contributed by atoms with Crippen molar-refractivity contribution in [3.63, 3.8) is 0 Å². The lowest BCUT2D eigenvalue weighted by atomic mass is 10.0. The second-order valence-electron chi connectivity index (χ2n) is 7.66. The molecule has 1 N–H and O–H groups in total. The monoisotopic (exact) mass is 376 g/mol. The molecule has 0 spiro atoms. The van der Waals surface area contributed by atoms with Crippen molar-refractivity contribution in [2.45, 2.75) is 109 Å². The Kier molecular flexibility index (Phi) is 14.7. The molecule has 0 aliphatic carbocycles. The van der Waals surface area contributed by atoms with E-state index >= 15 is 0 Å². The Balaban J connectivity index is 1.85. The summed E-state index contributed by atoms with van der Waals surface area (Å²) in [5, 5.41) is 10.0. The molecule has 1 atom stereocenters. The van der Waals surface area contributed by atoms with Crippen LogP contribution in [0.5, 0.6) is 5.75 Å².